The second-order valence-corrected chi connectivity index (χ2v) is 15.4. The fourth-order valence-corrected chi connectivity index (χ4v) is 8.36. The fourth-order valence-electron chi connectivity index (χ4n) is 7.54. The summed E-state index contributed by atoms with van der Waals surface area (Å²) in [5.74, 6) is -0.105. The first kappa shape index (κ1) is 34.1. The highest BCUT2D eigenvalue weighted by atomic mass is 32.1. The molecule has 4 unspecified atom stereocenters. The molecule has 46 heavy (non-hydrogen) atoms. The molecule has 3 aliphatic rings. The molecular weight excluding hydrogens is 593 g/mol. The number of fused-ring (bicyclic) bond motifs is 8. The van der Waals surface area contributed by atoms with Crippen molar-refractivity contribution in [2.45, 2.75) is 110 Å². The highest BCUT2D eigenvalue weighted by Crippen LogP contribution is 2.59. The Morgan fingerprint density at radius 1 is 1.04 bits per heavy atom. The molecule has 0 spiro atoms. The third kappa shape index (κ3) is 7.48. The van der Waals surface area contributed by atoms with Gasteiger partial charge in [-0.2, -0.15) is 0 Å². The Kier molecular flexibility index (Phi) is 10.6. The van der Waals surface area contributed by atoms with Crippen molar-refractivity contribution in [2.24, 2.45) is 5.41 Å². The van der Waals surface area contributed by atoms with Crippen LogP contribution in [0.1, 0.15) is 109 Å². The number of urea groups is 1. The minimum atomic E-state index is -1.19. The van der Waals surface area contributed by atoms with Crippen molar-refractivity contribution in [3.8, 4) is 0 Å². The van der Waals surface area contributed by atoms with Crippen LogP contribution < -0.4 is 5.32 Å². The molecule has 1 fully saturated rings. The number of rotatable bonds is 7. The summed E-state index contributed by atoms with van der Waals surface area (Å²) in [6, 6.07) is 19.7. The van der Waals surface area contributed by atoms with Gasteiger partial charge in [0.25, 0.3) is 0 Å². The number of allylic oxidation sites excluding steroid dienone is 2. The summed E-state index contributed by atoms with van der Waals surface area (Å²) < 4.78 is 0. The van der Waals surface area contributed by atoms with E-state index in [0.717, 1.165) is 34.4 Å². The second-order valence-electron chi connectivity index (χ2n) is 14.1. The van der Waals surface area contributed by atoms with E-state index >= 15 is 0 Å². The molecule has 3 N–H and O–H groups in total. The molecule has 6 nitrogen and oxygen atoms in total. The molecular formula is C39H50N2O4S. The monoisotopic (exact) mass is 642 g/mol. The zero-order chi connectivity index (χ0) is 33.1. The Balaban J connectivity index is 1.59. The van der Waals surface area contributed by atoms with Crippen LogP contribution in [0, 0.1) is 12.3 Å². The number of thiophene rings is 1. The fraction of sp³-hybridized carbons (Fsp3) is 0.487. The zero-order valence-electron chi connectivity index (χ0n) is 28.0. The first-order chi connectivity index (χ1) is 21.9. The van der Waals surface area contributed by atoms with E-state index in [2.05, 4.69) is 37.4 Å². The van der Waals surface area contributed by atoms with Crippen molar-refractivity contribution in [3.05, 3.63) is 104 Å². The smallest absolute Gasteiger partial charge is 0.317 e. The number of benzene rings is 2. The average Bonchev–Trinajstić information content (AvgIpc) is 3.55. The number of hydrogen-bond acceptors (Lipinski definition) is 5. The van der Waals surface area contributed by atoms with Crippen LogP contribution >= 0.6 is 11.3 Å². The van der Waals surface area contributed by atoms with Gasteiger partial charge < -0.3 is 20.4 Å². The van der Waals surface area contributed by atoms with Gasteiger partial charge >= 0.3 is 6.03 Å². The summed E-state index contributed by atoms with van der Waals surface area (Å²) in [5.41, 5.74) is 2.99. The summed E-state index contributed by atoms with van der Waals surface area (Å²) in [6.45, 7) is 10.8. The van der Waals surface area contributed by atoms with Gasteiger partial charge in [-0.1, -0.05) is 61.0 Å². The van der Waals surface area contributed by atoms with E-state index in [9.17, 15) is 19.8 Å². The number of nitrogens with one attached hydrogen (secondary N) is 1. The zero-order valence-corrected chi connectivity index (χ0v) is 28.8. The average molecular weight is 643 g/mol. The van der Waals surface area contributed by atoms with Gasteiger partial charge in [-0.25, -0.2) is 4.79 Å². The van der Waals surface area contributed by atoms with Crippen molar-refractivity contribution < 1.29 is 19.8 Å². The summed E-state index contributed by atoms with van der Waals surface area (Å²) >= 11 is 1.50. The molecule has 0 saturated heterocycles. The lowest BCUT2D eigenvalue weighted by Crippen LogP contribution is -2.55. The number of amides is 2. The van der Waals surface area contributed by atoms with Crippen LogP contribution in [0.15, 0.2) is 72.3 Å². The maximum Gasteiger partial charge on any atom is 0.317 e. The van der Waals surface area contributed by atoms with Gasteiger partial charge in [0.05, 0.1) is 23.1 Å². The highest BCUT2D eigenvalue weighted by Gasteiger charge is 2.57. The third-order valence-corrected chi connectivity index (χ3v) is 11.2. The van der Waals surface area contributed by atoms with Crippen molar-refractivity contribution >= 4 is 23.2 Å². The largest absolute Gasteiger partial charge is 0.393 e. The van der Waals surface area contributed by atoms with Crippen LogP contribution in [0.25, 0.3) is 0 Å². The van der Waals surface area contributed by atoms with Crippen molar-refractivity contribution in [2.75, 3.05) is 6.54 Å². The number of carbonyl (C=O) groups is 2. The number of aliphatic hydroxyl groups is 2. The van der Waals surface area contributed by atoms with Crippen LogP contribution in [-0.4, -0.2) is 51.2 Å². The van der Waals surface area contributed by atoms with Gasteiger partial charge in [-0.05, 0) is 113 Å². The van der Waals surface area contributed by atoms with E-state index in [1.165, 1.54) is 16.9 Å². The van der Waals surface area contributed by atoms with E-state index in [1.54, 1.807) is 4.90 Å². The Morgan fingerprint density at radius 2 is 1.80 bits per heavy atom. The van der Waals surface area contributed by atoms with Crippen LogP contribution in [0.4, 0.5) is 4.79 Å². The molecule has 0 aliphatic heterocycles. The van der Waals surface area contributed by atoms with Gasteiger partial charge in [0.15, 0.2) is 0 Å². The van der Waals surface area contributed by atoms with Gasteiger partial charge in [0.2, 0.25) is 5.78 Å². The number of hydrogen-bond donors (Lipinski definition) is 3. The normalized spacial score (nSPS) is 25.1. The van der Waals surface area contributed by atoms with E-state index in [0.29, 0.717) is 49.1 Å². The summed E-state index contributed by atoms with van der Waals surface area (Å²) in [7, 11) is 0. The molecule has 7 heteroatoms. The molecule has 2 bridgehead atoms. The summed E-state index contributed by atoms with van der Waals surface area (Å²) in [5, 5.41) is 26.8. The molecule has 1 heterocycles. The molecule has 1 aromatic heterocycles. The predicted molar refractivity (Wildman–Crippen MR) is 186 cm³/mol. The van der Waals surface area contributed by atoms with Crippen LogP contribution in [0.5, 0.6) is 0 Å². The molecule has 2 aromatic carbocycles. The Morgan fingerprint density at radius 3 is 2.50 bits per heavy atom. The number of nitrogens with zero attached hydrogens (tertiary/aromatic N) is 1. The van der Waals surface area contributed by atoms with Gasteiger partial charge in [0.1, 0.15) is 0 Å². The minimum Gasteiger partial charge on any atom is -0.393 e. The lowest BCUT2D eigenvalue weighted by Gasteiger charge is -2.46. The lowest BCUT2D eigenvalue weighted by atomic mass is 9.64. The number of aryl methyl sites for hydroxylation is 1. The molecule has 2 amide bonds. The topological polar surface area (TPSA) is 89.9 Å². The van der Waals surface area contributed by atoms with Gasteiger partial charge in [-0.15, -0.1) is 11.3 Å². The second kappa shape index (κ2) is 14.2. The maximum atomic E-state index is 14.2. The Labute approximate surface area is 278 Å². The minimum absolute atomic E-state index is 0.00733. The van der Waals surface area contributed by atoms with E-state index in [4.69, 9.17) is 0 Å². The first-order valence-corrected chi connectivity index (χ1v) is 17.6. The molecule has 3 aromatic rings. The third-order valence-electron chi connectivity index (χ3n) is 10.2. The summed E-state index contributed by atoms with van der Waals surface area (Å²) in [4.78, 5) is 31.3. The van der Waals surface area contributed by atoms with Crippen molar-refractivity contribution in [1.82, 2.24) is 10.2 Å². The molecule has 4 atom stereocenters. The number of carbonyl (C=O) groups excluding carboxylic acids is 2. The van der Waals surface area contributed by atoms with Crippen molar-refractivity contribution in [1.29, 1.82) is 0 Å². The summed E-state index contributed by atoms with van der Waals surface area (Å²) in [6.07, 6.45) is 6.38. The van der Waals surface area contributed by atoms with Crippen LogP contribution in [0.3, 0.4) is 0 Å². The number of aliphatic hydroxyl groups excluding tert-OH is 1. The molecule has 6 rings (SSSR count). The van der Waals surface area contributed by atoms with Crippen LogP contribution in [-0.2, 0) is 13.0 Å². The number of ketones is 1. The lowest BCUT2D eigenvalue weighted by molar-refractivity contribution is -0.0781. The SMILES string of the molecule is CC1=CCCC2(C)C(CCC2(O)CN(Cc2ccccc2)C(=O)NC(C)C)c2ccc(cc2C(=O)c2ccc(C)s2)CC(O)CC1. The molecule has 1 saturated carbocycles. The predicted octanol–water partition coefficient (Wildman–Crippen LogP) is 7.95. The molecule has 246 valence electrons. The molecule has 3 aliphatic carbocycles. The first-order valence-electron chi connectivity index (χ1n) is 16.8. The standard InChI is InChI=1S/C39H50N2O4S/c1-26(2)40-37(44)41(24-29-11-7-6-8-12-29)25-39(45)21-19-34-32-17-15-30(23-33(32)36(43)35-18-14-28(4)46-35)22-31(42)16-13-27(3)10-9-20-38(34,39)5/h6-8,10-12,14-15,17-18,23,26,31,34,42,45H,9,13,16,19-22,24-25H2,1-5H3,(H,40,44). The Hall–Kier alpha value is -3.26. The highest BCUT2D eigenvalue weighted by molar-refractivity contribution is 7.14. The van der Waals surface area contributed by atoms with Crippen LogP contribution in [0.2, 0.25) is 0 Å². The van der Waals surface area contributed by atoms with Gasteiger partial charge in [-0.3, -0.25) is 4.79 Å². The quantitative estimate of drug-likeness (QED) is 0.180. The molecule has 0 radical (unpaired) electrons. The van der Waals surface area contributed by atoms with Crippen molar-refractivity contribution in [3.63, 3.8) is 0 Å². The van der Waals surface area contributed by atoms with E-state index < -0.39 is 17.1 Å². The Bertz CT molecular complexity index is 1560. The van der Waals surface area contributed by atoms with Gasteiger partial charge in [0, 0.05) is 28.4 Å². The van der Waals surface area contributed by atoms with E-state index in [1.807, 2.05) is 69.3 Å². The maximum absolute atomic E-state index is 14.2. The van der Waals surface area contributed by atoms with E-state index in [-0.39, 0.29) is 30.3 Å².